The predicted molar refractivity (Wildman–Crippen MR) is 81.7 cm³/mol. The fourth-order valence-electron chi connectivity index (χ4n) is 2.85. The van der Waals surface area contributed by atoms with Gasteiger partial charge in [0.05, 0.1) is 6.07 Å². The van der Waals surface area contributed by atoms with Gasteiger partial charge in [-0.2, -0.15) is 5.26 Å². The molecule has 1 rings (SSSR count). The summed E-state index contributed by atoms with van der Waals surface area (Å²) in [6.07, 6.45) is 14.5. The van der Waals surface area contributed by atoms with Crippen LogP contribution in [0.1, 0.15) is 84.5 Å². The van der Waals surface area contributed by atoms with Crippen LogP contribution in [-0.4, -0.2) is 6.04 Å². The molecule has 0 spiro atoms. The van der Waals surface area contributed by atoms with E-state index in [4.69, 9.17) is 5.26 Å². The molecule has 19 heavy (non-hydrogen) atoms. The Labute approximate surface area is 119 Å². The van der Waals surface area contributed by atoms with Gasteiger partial charge in [-0.3, -0.25) is 0 Å². The Morgan fingerprint density at radius 2 is 1.74 bits per heavy atom. The summed E-state index contributed by atoms with van der Waals surface area (Å²) >= 11 is 0. The van der Waals surface area contributed by atoms with E-state index in [1.807, 2.05) is 6.92 Å². The molecule has 0 aromatic carbocycles. The summed E-state index contributed by atoms with van der Waals surface area (Å²) in [5.41, 5.74) is 2.06. The molecule has 0 radical (unpaired) electrons. The Kier molecular flexibility index (Phi) is 8.38. The molecule has 0 bridgehead atoms. The van der Waals surface area contributed by atoms with E-state index < -0.39 is 0 Å². The highest BCUT2D eigenvalue weighted by atomic mass is 14.9. The van der Waals surface area contributed by atoms with Crippen molar-refractivity contribution in [2.75, 3.05) is 0 Å². The molecule has 0 unspecified atom stereocenters. The molecule has 0 aromatic rings. The lowest BCUT2D eigenvalue weighted by molar-refractivity contribution is 0.441. The Morgan fingerprint density at radius 3 is 2.32 bits per heavy atom. The van der Waals surface area contributed by atoms with Crippen molar-refractivity contribution in [1.29, 1.82) is 5.26 Å². The maximum atomic E-state index is 8.93. The Hall–Kier alpha value is -0.970. The molecule has 1 atom stereocenters. The standard InChI is InChI=1S/C17H30N2/c1-3-4-5-6-7-8-9-10-11-17-13-12-16(14-18)15(2)19-17/h17,19H,3-13H2,1-2H3/t17-/m1/s1. The number of unbranched alkanes of at least 4 members (excludes halogenated alkanes) is 7. The van der Waals surface area contributed by atoms with Crippen molar-refractivity contribution in [3.05, 3.63) is 11.3 Å². The first-order valence-corrected chi connectivity index (χ1v) is 8.14. The molecule has 1 heterocycles. The predicted octanol–water partition coefficient (Wildman–Crippen LogP) is 5.07. The first-order valence-electron chi connectivity index (χ1n) is 8.14. The number of nitrogens with one attached hydrogen (secondary N) is 1. The molecular formula is C17H30N2. The van der Waals surface area contributed by atoms with Crippen LogP contribution in [0.15, 0.2) is 11.3 Å². The zero-order chi connectivity index (χ0) is 13.9. The van der Waals surface area contributed by atoms with Crippen molar-refractivity contribution in [2.45, 2.75) is 90.5 Å². The second-order valence-electron chi connectivity index (χ2n) is 5.86. The normalized spacial score (nSPS) is 19.1. The van der Waals surface area contributed by atoms with Gasteiger partial charge >= 0.3 is 0 Å². The van der Waals surface area contributed by atoms with E-state index in [1.54, 1.807) is 0 Å². The summed E-state index contributed by atoms with van der Waals surface area (Å²) in [5.74, 6) is 0. The molecule has 1 aliphatic heterocycles. The van der Waals surface area contributed by atoms with E-state index >= 15 is 0 Å². The van der Waals surface area contributed by atoms with Gasteiger partial charge in [0.25, 0.3) is 0 Å². The van der Waals surface area contributed by atoms with Gasteiger partial charge in [0.2, 0.25) is 0 Å². The van der Waals surface area contributed by atoms with Gasteiger partial charge in [0.15, 0.2) is 0 Å². The lowest BCUT2D eigenvalue weighted by atomic mass is 9.95. The van der Waals surface area contributed by atoms with Crippen molar-refractivity contribution >= 4 is 0 Å². The van der Waals surface area contributed by atoms with Gasteiger partial charge in [0.1, 0.15) is 0 Å². The van der Waals surface area contributed by atoms with Crippen molar-refractivity contribution in [3.63, 3.8) is 0 Å². The van der Waals surface area contributed by atoms with Crippen molar-refractivity contribution < 1.29 is 0 Å². The molecule has 0 aliphatic carbocycles. The van der Waals surface area contributed by atoms with Crippen molar-refractivity contribution in [1.82, 2.24) is 5.32 Å². The Morgan fingerprint density at radius 1 is 1.11 bits per heavy atom. The van der Waals surface area contributed by atoms with Gasteiger partial charge in [0, 0.05) is 17.3 Å². The van der Waals surface area contributed by atoms with E-state index in [9.17, 15) is 0 Å². The summed E-state index contributed by atoms with van der Waals surface area (Å²) in [5, 5.41) is 12.4. The van der Waals surface area contributed by atoms with Gasteiger partial charge in [-0.1, -0.05) is 58.3 Å². The van der Waals surface area contributed by atoms with E-state index in [1.165, 1.54) is 57.8 Å². The molecule has 1 N–H and O–H groups in total. The lowest BCUT2D eigenvalue weighted by Crippen LogP contribution is -2.31. The number of nitriles is 1. The van der Waals surface area contributed by atoms with Gasteiger partial charge in [-0.05, 0) is 26.2 Å². The summed E-state index contributed by atoms with van der Waals surface area (Å²) in [6, 6.07) is 2.90. The maximum Gasteiger partial charge on any atom is 0.0965 e. The van der Waals surface area contributed by atoms with Crippen LogP contribution in [0.5, 0.6) is 0 Å². The van der Waals surface area contributed by atoms with Crippen LogP contribution in [-0.2, 0) is 0 Å². The fraction of sp³-hybridized carbons (Fsp3) is 0.824. The van der Waals surface area contributed by atoms with Crippen LogP contribution in [0.4, 0.5) is 0 Å². The molecule has 108 valence electrons. The van der Waals surface area contributed by atoms with Crippen LogP contribution in [0.3, 0.4) is 0 Å². The third-order valence-corrected chi connectivity index (χ3v) is 4.16. The van der Waals surface area contributed by atoms with Crippen LogP contribution in [0.2, 0.25) is 0 Å². The fourth-order valence-corrected chi connectivity index (χ4v) is 2.85. The average Bonchev–Trinajstić information content (AvgIpc) is 2.42. The first-order chi connectivity index (χ1) is 9.27. The number of rotatable bonds is 9. The molecule has 0 amide bonds. The maximum absolute atomic E-state index is 8.93. The third-order valence-electron chi connectivity index (χ3n) is 4.16. The lowest BCUT2D eigenvalue weighted by Gasteiger charge is -2.25. The van der Waals surface area contributed by atoms with Crippen LogP contribution in [0, 0.1) is 11.3 Å². The van der Waals surface area contributed by atoms with Crippen LogP contribution in [0.25, 0.3) is 0 Å². The number of allylic oxidation sites excluding steroid dienone is 2. The minimum atomic E-state index is 0.609. The highest BCUT2D eigenvalue weighted by Gasteiger charge is 2.16. The third kappa shape index (κ3) is 6.66. The summed E-state index contributed by atoms with van der Waals surface area (Å²) in [6.45, 7) is 4.31. The molecule has 1 aliphatic rings. The minimum Gasteiger partial charge on any atom is -0.385 e. The second-order valence-corrected chi connectivity index (χ2v) is 5.86. The average molecular weight is 262 g/mol. The summed E-state index contributed by atoms with van der Waals surface area (Å²) in [7, 11) is 0. The van der Waals surface area contributed by atoms with Gasteiger partial charge in [-0.25, -0.2) is 0 Å². The van der Waals surface area contributed by atoms with Gasteiger partial charge in [-0.15, -0.1) is 0 Å². The molecule has 0 saturated heterocycles. The monoisotopic (exact) mass is 262 g/mol. The molecule has 2 nitrogen and oxygen atoms in total. The zero-order valence-electron chi connectivity index (χ0n) is 12.8. The van der Waals surface area contributed by atoms with Crippen molar-refractivity contribution in [2.24, 2.45) is 0 Å². The highest BCUT2D eigenvalue weighted by molar-refractivity contribution is 5.28. The number of hydrogen-bond acceptors (Lipinski definition) is 2. The SMILES string of the molecule is CCCCCCCCCC[C@@H]1CCC(C#N)=C(C)N1. The molecule has 0 fully saturated rings. The van der Waals surface area contributed by atoms with Crippen LogP contribution < -0.4 is 5.32 Å². The smallest absolute Gasteiger partial charge is 0.0965 e. The summed E-state index contributed by atoms with van der Waals surface area (Å²) in [4.78, 5) is 0. The number of nitrogens with zero attached hydrogens (tertiary/aromatic N) is 1. The first kappa shape index (κ1) is 16.1. The zero-order valence-corrected chi connectivity index (χ0v) is 12.8. The second kappa shape index (κ2) is 9.89. The quantitative estimate of drug-likeness (QED) is 0.589. The Bertz CT molecular complexity index is 312. The van der Waals surface area contributed by atoms with E-state index in [0.717, 1.165) is 24.1 Å². The van der Waals surface area contributed by atoms with Crippen molar-refractivity contribution in [3.8, 4) is 6.07 Å². The van der Waals surface area contributed by atoms with Gasteiger partial charge < -0.3 is 5.32 Å². The minimum absolute atomic E-state index is 0.609. The molecule has 0 aromatic heterocycles. The topological polar surface area (TPSA) is 35.8 Å². The molecule has 0 saturated carbocycles. The largest absolute Gasteiger partial charge is 0.385 e. The Balaban J connectivity index is 2.00. The van der Waals surface area contributed by atoms with E-state index in [0.29, 0.717) is 6.04 Å². The van der Waals surface area contributed by atoms with Crippen LogP contribution >= 0.6 is 0 Å². The van der Waals surface area contributed by atoms with E-state index in [2.05, 4.69) is 18.3 Å². The molecular weight excluding hydrogens is 232 g/mol. The highest BCUT2D eigenvalue weighted by Crippen LogP contribution is 2.21. The number of hydrogen-bond donors (Lipinski definition) is 1. The molecule has 2 heteroatoms. The van der Waals surface area contributed by atoms with E-state index in [-0.39, 0.29) is 0 Å². The summed E-state index contributed by atoms with van der Waals surface area (Å²) < 4.78 is 0.